The van der Waals surface area contributed by atoms with E-state index in [1.807, 2.05) is 22.8 Å². The number of aromatic nitrogens is 5. The highest BCUT2D eigenvalue weighted by Crippen LogP contribution is 2.37. The molecule has 1 saturated heterocycles. The van der Waals surface area contributed by atoms with Crippen molar-refractivity contribution in [1.82, 2.24) is 29.5 Å². The first kappa shape index (κ1) is 25.1. The lowest BCUT2D eigenvalue weighted by atomic mass is 9.99. The summed E-state index contributed by atoms with van der Waals surface area (Å²) in [6, 6.07) is 4.77. The van der Waals surface area contributed by atoms with Gasteiger partial charge in [0.25, 0.3) is 0 Å². The highest BCUT2D eigenvalue weighted by Gasteiger charge is 2.29. The normalized spacial score (nSPS) is 16.1. The van der Waals surface area contributed by atoms with Gasteiger partial charge in [-0.05, 0) is 25.0 Å². The third kappa shape index (κ3) is 5.99. The van der Waals surface area contributed by atoms with Crippen molar-refractivity contribution in [2.75, 3.05) is 27.4 Å². The lowest BCUT2D eigenvalue weighted by Gasteiger charge is -2.25. The van der Waals surface area contributed by atoms with Gasteiger partial charge in [0, 0.05) is 49.3 Å². The third-order valence-electron chi connectivity index (χ3n) is 5.76. The van der Waals surface area contributed by atoms with Crippen molar-refractivity contribution in [2.45, 2.75) is 37.6 Å². The molecule has 1 aromatic carbocycles. The van der Waals surface area contributed by atoms with Crippen LogP contribution < -0.4 is 14.2 Å². The van der Waals surface area contributed by atoms with Crippen LogP contribution in [0.2, 0.25) is 0 Å². The summed E-state index contributed by atoms with van der Waals surface area (Å²) in [5.74, 6) is 2.12. The van der Waals surface area contributed by atoms with E-state index in [1.165, 1.54) is 0 Å². The van der Waals surface area contributed by atoms with Crippen molar-refractivity contribution >= 4 is 11.3 Å². The van der Waals surface area contributed by atoms with E-state index in [0.717, 1.165) is 25.2 Å². The molecule has 11 nitrogen and oxygen atoms in total. The molecule has 0 radical (unpaired) electrons. The summed E-state index contributed by atoms with van der Waals surface area (Å²) in [7, 11) is 3.13. The van der Waals surface area contributed by atoms with E-state index in [1.54, 1.807) is 14.2 Å². The molecule has 0 amide bonds. The molecule has 0 bridgehead atoms. The molecular weight excluding hydrogens is 479 g/mol. The molecule has 4 rings (SSSR count). The van der Waals surface area contributed by atoms with Crippen LogP contribution >= 0.6 is 0 Å². The second kappa shape index (κ2) is 11.6. The SMILES string of the molecule is COc1cccc(OC)c1-n1c(C[C@H](Cc2ncc(F)cn2)NS(=O)[O-])nnc1C1CCOCC1. The summed E-state index contributed by atoms with van der Waals surface area (Å²) in [6.07, 6.45) is 3.90. The van der Waals surface area contributed by atoms with E-state index in [-0.39, 0.29) is 18.8 Å². The number of nitrogens with zero attached hydrogens (tertiary/aromatic N) is 5. The lowest BCUT2D eigenvalue weighted by molar-refractivity contribution is 0.0831. The van der Waals surface area contributed by atoms with Crippen LogP contribution in [-0.4, -0.2) is 67.0 Å². The fourth-order valence-electron chi connectivity index (χ4n) is 4.16. The number of methoxy groups -OCH3 is 2. The predicted octanol–water partition coefficient (Wildman–Crippen LogP) is 1.65. The second-order valence-electron chi connectivity index (χ2n) is 7.98. The van der Waals surface area contributed by atoms with Gasteiger partial charge in [0.1, 0.15) is 34.7 Å². The quantitative estimate of drug-likeness (QED) is 0.408. The standard InChI is InChI=1S/C22H27FN6O5S/c1-32-17-4-3-5-18(33-2)21(17)29-20(26-27-22(29)14-6-8-34-9-7-14)11-16(28-35(30)31)10-19-24-12-15(23)13-25-19/h3-5,12-14,16,28H,6-11H2,1-2H3,(H,30,31)/p-1/t16-/m0/s1. The zero-order valence-electron chi connectivity index (χ0n) is 19.3. The number of rotatable bonds is 10. The van der Waals surface area contributed by atoms with Crippen molar-refractivity contribution in [2.24, 2.45) is 0 Å². The Hall–Kier alpha value is -3.00. The zero-order valence-corrected chi connectivity index (χ0v) is 20.2. The molecule has 3 aromatic rings. The summed E-state index contributed by atoms with van der Waals surface area (Å²) in [4.78, 5) is 7.91. The average Bonchev–Trinajstić information content (AvgIpc) is 3.27. The van der Waals surface area contributed by atoms with Gasteiger partial charge in [0.15, 0.2) is 5.82 Å². The number of halogens is 1. The molecule has 13 heteroatoms. The van der Waals surface area contributed by atoms with Gasteiger partial charge in [-0.1, -0.05) is 6.07 Å². The summed E-state index contributed by atoms with van der Waals surface area (Å²) in [6.45, 7) is 1.22. The van der Waals surface area contributed by atoms with Crippen LogP contribution in [0, 0.1) is 5.82 Å². The number of hydrogen-bond donors (Lipinski definition) is 1. The Morgan fingerprint density at radius 3 is 2.43 bits per heavy atom. The van der Waals surface area contributed by atoms with E-state index in [4.69, 9.17) is 14.2 Å². The van der Waals surface area contributed by atoms with E-state index in [0.29, 0.717) is 47.9 Å². The number of ether oxygens (including phenoxy) is 3. The molecule has 2 aromatic heterocycles. The first-order valence-electron chi connectivity index (χ1n) is 11.0. The average molecular weight is 506 g/mol. The van der Waals surface area contributed by atoms with Gasteiger partial charge in [-0.15, -0.1) is 10.2 Å². The Balaban J connectivity index is 1.77. The third-order valence-corrected chi connectivity index (χ3v) is 6.29. The van der Waals surface area contributed by atoms with Gasteiger partial charge in [-0.2, -0.15) is 0 Å². The fraction of sp³-hybridized carbons (Fsp3) is 0.455. The zero-order chi connectivity index (χ0) is 24.8. The van der Waals surface area contributed by atoms with Crippen LogP contribution in [0.1, 0.15) is 36.2 Å². The van der Waals surface area contributed by atoms with Gasteiger partial charge in [-0.3, -0.25) is 8.78 Å². The molecule has 1 aliphatic heterocycles. The van der Waals surface area contributed by atoms with Crippen LogP contribution in [0.15, 0.2) is 30.6 Å². The summed E-state index contributed by atoms with van der Waals surface area (Å²) in [5, 5.41) is 8.94. The maximum absolute atomic E-state index is 13.3. The molecule has 35 heavy (non-hydrogen) atoms. The van der Waals surface area contributed by atoms with Gasteiger partial charge >= 0.3 is 0 Å². The van der Waals surface area contributed by atoms with Crippen LogP contribution in [0.25, 0.3) is 5.69 Å². The predicted molar refractivity (Wildman–Crippen MR) is 122 cm³/mol. The Kier molecular flexibility index (Phi) is 8.33. The number of hydrogen-bond acceptors (Lipinski definition) is 9. The molecule has 1 unspecified atom stereocenters. The molecule has 1 fully saturated rings. The van der Waals surface area contributed by atoms with E-state index in [9.17, 15) is 13.2 Å². The minimum Gasteiger partial charge on any atom is -0.760 e. The Morgan fingerprint density at radius 1 is 1.17 bits per heavy atom. The molecule has 0 spiro atoms. The number of para-hydroxylation sites is 1. The minimum absolute atomic E-state index is 0.0834. The molecule has 0 aliphatic carbocycles. The second-order valence-corrected chi connectivity index (χ2v) is 8.69. The molecule has 2 atom stereocenters. The highest BCUT2D eigenvalue weighted by atomic mass is 32.2. The van der Waals surface area contributed by atoms with Gasteiger partial charge in [0.05, 0.1) is 26.6 Å². The molecule has 3 heterocycles. The Labute approximate surface area is 204 Å². The van der Waals surface area contributed by atoms with E-state index < -0.39 is 23.1 Å². The first-order valence-corrected chi connectivity index (χ1v) is 12.1. The minimum atomic E-state index is -2.56. The maximum atomic E-state index is 13.3. The van der Waals surface area contributed by atoms with Crippen LogP contribution in [-0.2, 0) is 28.8 Å². The van der Waals surface area contributed by atoms with E-state index >= 15 is 0 Å². The number of nitrogens with one attached hydrogen (secondary N) is 1. The van der Waals surface area contributed by atoms with Gasteiger partial charge in [0.2, 0.25) is 0 Å². The summed E-state index contributed by atoms with van der Waals surface area (Å²) in [5.41, 5.74) is 0.624. The van der Waals surface area contributed by atoms with E-state index in [2.05, 4.69) is 24.9 Å². The maximum Gasteiger partial charge on any atom is 0.159 e. The molecule has 0 saturated carbocycles. The lowest BCUT2D eigenvalue weighted by Crippen LogP contribution is -2.36. The molecular formula is C22H26FN6O5S-. The summed E-state index contributed by atoms with van der Waals surface area (Å²) < 4.78 is 57.5. The van der Waals surface area contributed by atoms with Crippen molar-refractivity contribution < 1.29 is 27.4 Å². The van der Waals surface area contributed by atoms with Crippen LogP contribution in [0.4, 0.5) is 4.39 Å². The highest BCUT2D eigenvalue weighted by molar-refractivity contribution is 7.77. The van der Waals surface area contributed by atoms with Crippen LogP contribution in [0.5, 0.6) is 11.5 Å². The van der Waals surface area contributed by atoms with Gasteiger partial charge < -0.3 is 18.8 Å². The monoisotopic (exact) mass is 505 g/mol. The number of benzene rings is 1. The van der Waals surface area contributed by atoms with Gasteiger partial charge in [-0.25, -0.2) is 19.1 Å². The van der Waals surface area contributed by atoms with Crippen molar-refractivity contribution in [3.8, 4) is 17.2 Å². The van der Waals surface area contributed by atoms with Crippen molar-refractivity contribution in [3.05, 3.63) is 53.9 Å². The fourth-order valence-corrected chi connectivity index (χ4v) is 4.59. The topological polar surface area (TPSA) is 136 Å². The first-order chi connectivity index (χ1) is 17.0. The Bertz CT molecular complexity index is 1130. The Morgan fingerprint density at radius 2 is 1.83 bits per heavy atom. The van der Waals surface area contributed by atoms with Crippen LogP contribution in [0.3, 0.4) is 0 Å². The smallest absolute Gasteiger partial charge is 0.159 e. The molecule has 1 aliphatic rings. The summed E-state index contributed by atoms with van der Waals surface area (Å²) >= 11 is -2.56. The largest absolute Gasteiger partial charge is 0.760 e. The van der Waals surface area contributed by atoms with Crippen molar-refractivity contribution in [1.29, 1.82) is 0 Å². The van der Waals surface area contributed by atoms with Crippen molar-refractivity contribution in [3.63, 3.8) is 0 Å². The molecule has 1 N–H and O–H groups in total. The molecule has 188 valence electrons.